The van der Waals surface area contributed by atoms with E-state index in [1.807, 2.05) is 55.5 Å². The Balaban J connectivity index is 2.43. The fourth-order valence-corrected chi connectivity index (χ4v) is 2.21. The lowest BCUT2D eigenvalue weighted by atomic mass is 10.0. The van der Waals surface area contributed by atoms with Gasteiger partial charge in [0.1, 0.15) is 0 Å². The van der Waals surface area contributed by atoms with E-state index in [2.05, 4.69) is 10.2 Å². The van der Waals surface area contributed by atoms with E-state index in [0.717, 1.165) is 22.2 Å². The van der Waals surface area contributed by atoms with E-state index in [9.17, 15) is 4.79 Å². The zero-order chi connectivity index (χ0) is 12.5. The molecular formula is C15H12N2O. The normalized spacial score (nSPS) is 10.7. The number of nitrogens with one attached hydrogen (secondary N) is 1. The van der Waals surface area contributed by atoms with Crippen LogP contribution in [-0.4, -0.2) is 10.2 Å². The third kappa shape index (κ3) is 1.61. The number of fused-ring (bicyclic) bond motifs is 1. The number of nitrogens with zero attached hydrogens (tertiary/aromatic N) is 1. The van der Waals surface area contributed by atoms with Crippen molar-refractivity contribution in [3.8, 4) is 11.3 Å². The largest absolute Gasteiger partial charge is 0.272 e. The van der Waals surface area contributed by atoms with Gasteiger partial charge in [-0.15, -0.1) is 0 Å². The van der Waals surface area contributed by atoms with Gasteiger partial charge in [-0.3, -0.25) is 4.79 Å². The molecule has 0 amide bonds. The highest BCUT2D eigenvalue weighted by atomic mass is 16.1. The monoisotopic (exact) mass is 236 g/mol. The lowest BCUT2D eigenvalue weighted by Gasteiger charge is -2.06. The molecule has 3 rings (SSSR count). The van der Waals surface area contributed by atoms with Crippen molar-refractivity contribution in [2.45, 2.75) is 6.92 Å². The standard InChI is InChI=1S/C15H12N2O/c1-10-6-5-9-12-13(10)15(18)17-16-14(12)11-7-3-2-4-8-11/h2-9H,1H3,(H,17,18). The topological polar surface area (TPSA) is 45.8 Å². The number of aromatic amines is 1. The second-order valence-electron chi connectivity index (χ2n) is 4.26. The molecule has 3 aromatic rings. The van der Waals surface area contributed by atoms with Gasteiger partial charge < -0.3 is 0 Å². The Bertz CT molecular complexity index is 760. The van der Waals surface area contributed by atoms with E-state index < -0.39 is 0 Å². The van der Waals surface area contributed by atoms with E-state index in [1.165, 1.54) is 0 Å². The number of rotatable bonds is 1. The molecule has 0 saturated heterocycles. The molecule has 1 N–H and O–H groups in total. The van der Waals surface area contributed by atoms with E-state index in [0.29, 0.717) is 5.39 Å². The second kappa shape index (κ2) is 4.11. The molecule has 0 aliphatic rings. The molecule has 0 aliphatic heterocycles. The summed E-state index contributed by atoms with van der Waals surface area (Å²) >= 11 is 0. The van der Waals surface area contributed by atoms with Crippen molar-refractivity contribution >= 4 is 10.8 Å². The molecule has 18 heavy (non-hydrogen) atoms. The summed E-state index contributed by atoms with van der Waals surface area (Å²) < 4.78 is 0. The van der Waals surface area contributed by atoms with Gasteiger partial charge in [-0.1, -0.05) is 48.5 Å². The first-order valence-electron chi connectivity index (χ1n) is 5.81. The SMILES string of the molecule is Cc1cccc2c(-c3ccccc3)n[nH]c(=O)c12. The van der Waals surface area contributed by atoms with Crippen molar-refractivity contribution in [2.24, 2.45) is 0 Å². The van der Waals surface area contributed by atoms with E-state index in [4.69, 9.17) is 0 Å². The number of aryl methyl sites for hydroxylation is 1. The molecule has 0 atom stereocenters. The molecule has 0 radical (unpaired) electrons. The Kier molecular flexibility index (Phi) is 2.45. The molecule has 0 saturated carbocycles. The summed E-state index contributed by atoms with van der Waals surface area (Å²) in [6, 6.07) is 15.7. The third-order valence-electron chi connectivity index (χ3n) is 3.07. The number of H-pyrrole nitrogens is 1. The highest BCUT2D eigenvalue weighted by Gasteiger charge is 2.09. The van der Waals surface area contributed by atoms with Crippen LogP contribution >= 0.6 is 0 Å². The maximum Gasteiger partial charge on any atom is 0.272 e. The predicted octanol–water partition coefficient (Wildman–Crippen LogP) is 2.90. The molecule has 0 unspecified atom stereocenters. The van der Waals surface area contributed by atoms with E-state index in [1.54, 1.807) is 0 Å². The molecule has 88 valence electrons. The van der Waals surface area contributed by atoms with Gasteiger partial charge in [0.25, 0.3) is 5.56 Å². The molecule has 3 nitrogen and oxygen atoms in total. The van der Waals surface area contributed by atoms with Crippen LogP contribution in [0.4, 0.5) is 0 Å². The minimum Gasteiger partial charge on any atom is -0.267 e. The summed E-state index contributed by atoms with van der Waals surface area (Å²) in [4.78, 5) is 11.9. The van der Waals surface area contributed by atoms with Crippen molar-refractivity contribution in [3.63, 3.8) is 0 Å². The van der Waals surface area contributed by atoms with Crippen molar-refractivity contribution in [1.82, 2.24) is 10.2 Å². The average Bonchev–Trinajstić information content (AvgIpc) is 2.40. The molecule has 0 bridgehead atoms. The highest BCUT2D eigenvalue weighted by Crippen LogP contribution is 2.25. The van der Waals surface area contributed by atoms with Crippen LogP contribution in [-0.2, 0) is 0 Å². The Labute approximate surface area is 104 Å². The maximum absolute atomic E-state index is 11.9. The van der Waals surface area contributed by atoms with Crippen molar-refractivity contribution in [1.29, 1.82) is 0 Å². The lowest BCUT2D eigenvalue weighted by Crippen LogP contribution is -2.10. The summed E-state index contributed by atoms with van der Waals surface area (Å²) in [6.07, 6.45) is 0. The molecule has 1 heterocycles. The Morgan fingerprint density at radius 1 is 1.00 bits per heavy atom. The van der Waals surface area contributed by atoms with Crippen LogP contribution in [0.5, 0.6) is 0 Å². The van der Waals surface area contributed by atoms with Crippen LogP contribution in [0.2, 0.25) is 0 Å². The lowest BCUT2D eigenvalue weighted by molar-refractivity contribution is 1.01. The van der Waals surface area contributed by atoms with Gasteiger partial charge in [-0.2, -0.15) is 5.10 Å². The molecule has 3 heteroatoms. The zero-order valence-electron chi connectivity index (χ0n) is 9.97. The van der Waals surface area contributed by atoms with Crippen LogP contribution in [0.25, 0.3) is 22.0 Å². The smallest absolute Gasteiger partial charge is 0.267 e. The Morgan fingerprint density at radius 2 is 1.78 bits per heavy atom. The quantitative estimate of drug-likeness (QED) is 0.706. The number of benzene rings is 2. The van der Waals surface area contributed by atoms with E-state index in [-0.39, 0.29) is 5.56 Å². The number of aromatic nitrogens is 2. The molecule has 1 aromatic heterocycles. The first kappa shape index (κ1) is 10.7. The van der Waals surface area contributed by atoms with Gasteiger partial charge in [-0.05, 0) is 12.5 Å². The van der Waals surface area contributed by atoms with Gasteiger partial charge in [0.2, 0.25) is 0 Å². The first-order chi connectivity index (χ1) is 8.77. The van der Waals surface area contributed by atoms with E-state index >= 15 is 0 Å². The number of hydrogen-bond acceptors (Lipinski definition) is 2. The van der Waals surface area contributed by atoms with Gasteiger partial charge in [0, 0.05) is 10.9 Å². The van der Waals surface area contributed by atoms with Crippen LogP contribution in [0.15, 0.2) is 53.3 Å². The average molecular weight is 236 g/mol. The van der Waals surface area contributed by atoms with Gasteiger partial charge in [0.05, 0.1) is 11.1 Å². The third-order valence-corrected chi connectivity index (χ3v) is 3.07. The Hall–Kier alpha value is -2.42. The number of hydrogen-bond donors (Lipinski definition) is 1. The predicted molar refractivity (Wildman–Crippen MR) is 72.5 cm³/mol. The van der Waals surface area contributed by atoms with Crippen molar-refractivity contribution in [3.05, 3.63) is 64.4 Å². The van der Waals surface area contributed by atoms with Gasteiger partial charge in [0.15, 0.2) is 0 Å². The molecule has 0 spiro atoms. The summed E-state index contributed by atoms with van der Waals surface area (Å²) in [5.74, 6) is 0. The van der Waals surface area contributed by atoms with Gasteiger partial charge in [-0.25, -0.2) is 5.10 Å². The minimum atomic E-state index is -0.136. The zero-order valence-corrected chi connectivity index (χ0v) is 9.97. The van der Waals surface area contributed by atoms with Crippen molar-refractivity contribution < 1.29 is 0 Å². The fourth-order valence-electron chi connectivity index (χ4n) is 2.21. The highest BCUT2D eigenvalue weighted by molar-refractivity contribution is 5.95. The first-order valence-corrected chi connectivity index (χ1v) is 5.81. The summed E-state index contributed by atoms with van der Waals surface area (Å²) in [5, 5.41) is 8.36. The minimum absolute atomic E-state index is 0.136. The van der Waals surface area contributed by atoms with Gasteiger partial charge >= 0.3 is 0 Å². The van der Waals surface area contributed by atoms with Crippen LogP contribution in [0, 0.1) is 6.92 Å². The molecule has 0 fully saturated rings. The molecule has 0 aliphatic carbocycles. The maximum atomic E-state index is 11.9. The fraction of sp³-hybridized carbons (Fsp3) is 0.0667. The molecule has 2 aromatic carbocycles. The summed E-state index contributed by atoms with van der Waals surface area (Å²) in [7, 11) is 0. The van der Waals surface area contributed by atoms with Crippen LogP contribution < -0.4 is 5.56 Å². The summed E-state index contributed by atoms with van der Waals surface area (Å²) in [6.45, 7) is 1.94. The van der Waals surface area contributed by atoms with Crippen molar-refractivity contribution in [2.75, 3.05) is 0 Å². The van der Waals surface area contributed by atoms with Crippen LogP contribution in [0.1, 0.15) is 5.56 Å². The molecular weight excluding hydrogens is 224 g/mol. The summed E-state index contributed by atoms with van der Waals surface area (Å²) in [5.41, 5.74) is 2.65. The van der Waals surface area contributed by atoms with Crippen LogP contribution in [0.3, 0.4) is 0 Å². The second-order valence-corrected chi connectivity index (χ2v) is 4.26. The Morgan fingerprint density at radius 3 is 2.56 bits per heavy atom.